The third-order valence-corrected chi connectivity index (χ3v) is 5.22. The zero-order chi connectivity index (χ0) is 20.4. The summed E-state index contributed by atoms with van der Waals surface area (Å²) in [5.74, 6) is 1.37. The van der Waals surface area contributed by atoms with Crippen molar-refractivity contribution in [1.29, 1.82) is 0 Å². The Morgan fingerprint density at radius 2 is 1.83 bits per heavy atom. The Bertz CT molecular complexity index is 1180. The maximum Gasteiger partial charge on any atom is 0.152 e. The molecular formula is C22H24N6O. The van der Waals surface area contributed by atoms with Crippen LogP contribution in [0.3, 0.4) is 0 Å². The number of unbranched alkanes of at least 4 members (excludes halogenated alkanes) is 1. The first-order chi connectivity index (χ1) is 14.1. The van der Waals surface area contributed by atoms with Gasteiger partial charge in [-0.15, -0.1) is 4.91 Å². The van der Waals surface area contributed by atoms with Crippen LogP contribution in [0, 0.1) is 4.91 Å². The highest BCUT2D eigenvalue weighted by molar-refractivity contribution is 6.07. The smallest absolute Gasteiger partial charge is 0.152 e. The number of hydrogen-bond donors (Lipinski definition) is 2. The standard InChI is InChI=1S/C22H24N6O/c1-2-3-4-19-26-20-21(28(19)13-15-7-5-14(12-23)6-8-15)17-11-16(27-29)9-10-18(17)25-22(20)24/h5-11H,2-4,12-13,23H2,1H3,(H2,24,25). The number of rotatable bonds is 7. The zero-order valence-electron chi connectivity index (χ0n) is 16.4. The third-order valence-electron chi connectivity index (χ3n) is 5.22. The van der Waals surface area contributed by atoms with Crippen LogP contribution in [0.4, 0.5) is 11.5 Å². The molecule has 0 aliphatic carbocycles. The summed E-state index contributed by atoms with van der Waals surface area (Å²) < 4.78 is 2.19. The van der Waals surface area contributed by atoms with Gasteiger partial charge in [0, 0.05) is 24.9 Å². The van der Waals surface area contributed by atoms with Crippen LogP contribution in [0.5, 0.6) is 0 Å². The molecule has 2 heterocycles. The van der Waals surface area contributed by atoms with Crippen molar-refractivity contribution >= 4 is 33.4 Å². The lowest BCUT2D eigenvalue weighted by atomic mass is 10.1. The van der Waals surface area contributed by atoms with E-state index in [4.69, 9.17) is 16.5 Å². The highest BCUT2D eigenvalue weighted by Crippen LogP contribution is 2.32. The summed E-state index contributed by atoms with van der Waals surface area (Å²) in [5, 5.41) is 3.92. The topological polar surface area (TPSA) is 112 Å². The second-order valence-corrected chi connectivity index (χ2v) is 7.23. The molecule has 0 saturated heterocycles. The number of nitrogens with two attached hydrogens (primary N) is 2. The van der Waals surface area contributed by atoms with E-state index >= 15 is 0 Å². The molecule has 7 nitrogen and oxygen atoms in total. The number of nitrogen functional groups attached to an aromatic ring is 1. The fourth-order valence-corrected chi connectivity index (χ4v) is 3.66. The van der Waals surface area contributed by atoms with E-state index < -0.39 is 0 Å². The number of anilines is 1. The van der Waals surface area contributed by atoms with Gasteiger partial charge in [0.05, 0.1) is 11.0 Å². The Morgan fingerprint density at radius 3 is 2.52 bits per heavy atom. The molecule has 7 heteroatoms. The average molecular weight is 388 g/mol. The van der Waals surface area contributed by atoms with Gasteiger partial charge in [-0.05, 0) is 40.9 Å². The Labute approximate surface area is 168 Å². The van der Waals surface area contributed by atoms with Crippen molar-refractivity contribution in [3.8, 4) is 0 Å². The molecule has 148 valence electrons. The summed E-state index contributed by atoms with van der Waals surface area (Å²) in [6.07, 6.45) is 2.95. The van der Waals surface area contributed by atoms with E-state index in [1.165, 1.54) is 0 Å². The minimum Gasteiger partial charge on any atom is -0.382 e. The van der Waals surface area contributed by atoms with Gasteiger partial charge in [0.2, 0.25) is 0 Å². The van der Waals surface area contributed by atoms with Gasteiger partial charge in [-0.3, -0.25) is 0 Å². The molecule has 0 amide bonds. The number of pyridine rings is 1. The van der Waals surface area contributed by atoms with E-state index in [9.17, 15) is 4.91 Å². The summed E-state index contributed by atoms with van der Waals surface area (Å²) in [4.78, 5) is 20.4. The molecule has 0 atom stereocenters. The predicted molar refractivity (Wildman–Crippen MR) is 117 cm³/mol. The van der Waals surface area contributed by atoms with Crippen molar-refractivity contribution in [3.05, 3.63) is 64.3 Å². The van der Waals surface area contributed by atoms with Crippen molar-refractivity contribution in [1.82, 2.24) is 14.5 Å². The molecular weight excluding hydrogens is 364 g/mol. The molecule has 0 aliphatic heterocycles. The lowest BCUT2D eigenvalue weighted by Crippen LogP contribution is -2.06. The SMILES string of the molecule is CCCCc1nc2c(N)nc3ccc(N=O)cc3c2n1Cc1ccc(CN)cc1. The van der Waals surface area contributed by atoms with Crippen molar-refractivity contribution in [2.24, 2.45) is 10.9 Å². The normalized spacial score (nSPS) is 11.4. The third kappa shape index (κ3) is 3.56. The minimum atomic E-state index is 0.362. The summed E-state index contributed by atoms with van der Waals surface area (Å²) in [6.45, 7) is 3.33. The molecule has 4 aromatic rings. The number of aromatic nitrogens is 3. The quantitative estimate of drug-likeness (QED) is 0.455. The van der Waals surface area contributed by atoms with Gasteiger partial charge in [-0.2, -0.15) is 0 Å². The van der Waals surface area contributed by atoms with Crippen molar-refractivity contribution in [2.75, 3.05) is 5.73 Å². The van der Waals surface area contributed by atoms with E-state index in [-0.39, 0.29) is 0 Å². The van der Waals surface area contributed by atoms with Crippen LogP contribution in [0.15, 0.2) is 47.6 Å². The van der Waals surface area contributed by atoms with E-state index in [1.54, 1.807) is 18.2 Å². The molecule has 4 N–H and O–H groups in total. The van der Waals surface area contributed by atoms with Crippen LogP contribution in [-0.2, 0) is 19.5 Å². The summed E-state index contributed by atoms with van der Waals surface area (Å²) >= 11 is 0. The highest BCUT2D eigenvalue weighted by Gasteiger charge is 2.18. The van der Waals surface area contributed by atoms with Crippen LogP contribution >= 0.6 is 0 Å². The molecule has 0 unspecified atom stereocenters. The van der Waals surface area contributed by atoms with Gasteiger partial charge in [-0.25, -0.2) is 9.97 Å². The Morgan fingerprint density at radius 1 is 1.07 bits per heavy atom. The van der Waals surface area contributed by atoms with Gasteiger partial charge < -0.3 is 16.0 Å². The van der Waals surface area contributed by atoms with E-state index in [0.29, 0.717) is 30.1 Å². The van der Waals surface area contributed by atoms with Crippen LogP contribution in [0.1, 0.15) is 36.7 Å². The number of aryl methyl sites for hydroxylation is 1. The van der Waals surface area contributed by atoms with Gasteiger partial charge in [0.25, 0.3) is 0 Å². The number of benzene rings is 2. The lowest BCUT2D eigenvalue weighted by molar-refractivity contribution is 0.690. The van der Waals surface area contributed by atoms with Gasteiger partial charge in [0.1, 0.15) is 17.0 Å². The van der Waals surface area contributed by atoms with Crippen LogP contribution < -0.4 is 11.5 Å². The van der Waals surface area contributed by atoms with Crippen molar-refractivity contribution in [3.63, 3.8) is 0 Å². The highest BCUT2D eigenvalue weighted by atomic mass is 16.3. The molecule has 2 aromatic heterocycles. The first kappa shape index (κ1) is 19.0. The van der Waals surface area contributed by atoms with Gasteiger partial charge in [0.15, 0.2) is 5.82 Å². The molecule has 4 rings (SSSR count). The predicted octanol–water partition coefficient (Wildman–Crippen LogP) is 4.41. The lowest BCUT2D eigenvalue weighted by Gasteiger charge is -2.12. The van der Waals surface area contributed by atoms with Gasteiger partial charge in [-0.1, -0.05) is 37.6 Å². The minimum absolute atomic E-state index is 0.362. The van der Waals surface area contributed by atoms with Crippen molar-refractivity contribution in [2.45, 2.75) is 39.3 Å². The Kier molecular flexibility index (Phi) is 5.22. The molecule has 29 heavy (non-hydrogen) atoms. The molecule has 2 aromatic carbocycles. The number of nitroso groups, excluding NO2 is 1. The molecule has 0 spiro atoms. The second-order valence-electron chi connectivity index (χ2n) is 7.23. The Hall–Kier alpha value is -3.32. The second kappa shape index (κ2) is 7.97. The summed E-state index contributed by atoms with van der Waals surface area (Å²) in [6, 6.07) is 13.5. The fraction of sp³-hybridized carbons (Fsp3) is 0.273. The summed E-state index contributed by atoms with van der Waals surface area (Å²) in [7, 11) is 0. The van der Waals surface area contributed by atoms with Crippen molar-refractivity contribution < 1.29 is 0 Å². The summed E-state index contributed by atoms with van der Waals surface area (Å²) in [5.41, 5.74) is 16.9. The van der Waals surface area contributed by atoms with Gasteiger partial charge >= 0.3 is 0 Å². The number of nitrogens with zero attached hydrogens (tertiary/aromatic N) is 4. The number of hydrogen-bond acceptors (Lipinski definition) is 6. The molecule has 0 bridgehead atoms. The van der Waals surface area contributed by atoms with Crippen LogP contribution in [0.2, 0.25) is 0 Å². The maximum absolute atomic E-state index is 11.1. The largest absolute Gasteiger partial charge is 0.382 e. The number of imidazole rings is 1. The molecule has 0 saturated carbocycles. The average Bonchev–Trinajstić information content (AvgIpc) is 3.11. The first-order valence-electron chi connectivity index (χ1n) is 9.84. The van der Waals surface area contributed by atoms with Crippen LogP contribution in [0.25, 0.3) is 21.9 Å². The van der Waals surface area contributed by atoms with Crippen LogP contribution in [-0.4, -0.2) is 14.5 Å². The van der Waals surface area contributed by atoms with E-state index in [1.807, 2.05) is 12.1 Å². The van der Waals surface area contributed by atoms with E-state index in [2.05, 4.69) is 33.8 Å². The first-order valence-corrected chi connectivity index (χ1v) is 9.84. The number of fused-ring (bicyclic) bond motifs is 3. The molecule has 0 fully saturated rings. The fourth-order valence-electron chi connectivity index (χ4n) is 3.66. The Balaban J connectivity index is 1.95. The van der Waals surface area contributed by atoms with E-state index in [0.717, 1.165) is 52.6 Å². The monoisotopic (exact) mass is 388 g/mol. The molecule has 0 radical (unpaired) electrons. The zero-order valence-corrected chi connectivity index (χ0v) is 16.4. The molecule has 0 aliphatic rings. The maximum atomic E-state index is 11.1.